The van der Waals surface area contributed by atoms with E-state index in [0.717, 1.165) is 11.3 Å². The number of benzene rings is 1. The molecule has 3 N–H and O–H groups in total. The van der Waals surface area contributed by atoms with E-state index in [1.54, 1.807) is 6.07 Å². The molecule has 0 fully saturated rings. The van der Waals surface area contributed by atoms with Crippen LogP contribution in [0, 0.1) is 5.82 Å². The fourth-order valence-corrected chi connectivity index (χ4v) is 2.73. The first-order valence-electron chi connectivity index (χ1n) is 8.25. The Morgan fingerprint density at radius 3 is 2.72 bits per heavy atom. The maximum Gasteiger partial charge on any atom is 0.269 e. The Labute approximate surface area is 145 Å². The van der Waals surface area contributed by atoms with E-state index in [1.807, 2.05) is 13.8 Å². The Balaban J connectivity index is 2.04. The number of rotatable bonds is 7. The molecule has 2 rings (SSSR count). The molecule has 7 heteroatoms. The number of carbonyl (C=O) groups excluding carboxylic acids is 1. The van der Waals surface area contributed by atoms with E-state index < -0.39 is 17.8 Å². The van der Waals surface area contributed by atoms with Crippen molar-refractivity contribution >= 4 is 5.91 Å². The standard InChI is InChI=1S/C18H22FN3O3/c1-3-13-14(18(25)22-21-15(13)4-2)10-20-17(24)9-16(23)11-6-5-7-12(19)8-11/h5-8,16,23H,3-4,9-10H2,1-2H3,(H,20,24)(H,22,25). The molecule has 0 saturated carbocycles. The highest BCUT2D eigenvalue weighted by atomic mass is 19.1. The van der Waals surface area contributed by atoms with Crippen molar-refractivity contribution in [2.45, 2.75) is 45.8 Å². The SMILES string of the molecule is CCc1n[nH]c(=O)c(CNC(=O)CC(O)c2cccc(F)c2)c1CC. The molecule has 134 valence electrons. The van der Waals surface area contributed by atoms with Crippen LogP contribution in [0.3, 0.4) is 0 Å². The van der Waals surface area contributed by atoms with Crippen LogP contribution in [0.4, 0.5) is 4.39 Å². The monoisotopic (exact) mass is 347 g/mol. The van der Waals surface area contributed by atoms with Crippen molar-refractivity contribution in [1.82, 2.24) is 15.5 Å². The molecule has 1 heterocycles. The molecule has 2 aromatic rings. The number of aliphatic hydroxyl groups excluding tert-OH is 1. The number of aliphatic hydroxyl groups is 1. The number of hydrogen-bond donors (Lipinski definition) is 3. The average Bonchev–Trinajstić information content (AvgIpc) is 2.60. The van der Waals surface area contributed by atoms with Gasteiger partial charge in [-0.25, -0.2) is 9.49 Å². The molecule has 0 aliphatic heterocycles. The second kappa shape index (κ2) is 8.53. The summed E-state index contributed by atoms with van der Waals surface area (Å²) in [5.74, 6) is -0.895. The Kier molecular flexibility index (Phi) is 6.41. The van der Waals surface area contributed by atoms with Gasteiger partial charge in [-0.2, -0.15) is 5.10 Å². The van der Waals surface area contributed by atoms with Crippen molar-refractivity contribution in [3.05, 3.63) is 62.8 Å². The molecule has 0 aliphatic carbocycles. The van der Waals surface area contributed by atoms with Gasteiger partial charge in [0.05, 0.1) is 18.2 Å². The van der Waals surface area contributed by atoms with Gasteiger partial charge in [0.1, 0.15) is 5.82 Å². The predicted octanol–water partition coefficient (Wildman–Crippen LogP) is 1.77. The van der Waals surface area contributed by atoms with Gasteiger partial charge in [0.15, 0.2) is 0 Å². The van der Waals surface area contributed by atoms with Crippen LogP contribution in [0.2, 0.25) is 0 Å². The molecule has 0 radical (unpaired) electrons. The van der Waals surface area contributed by atoms with Gasteiger partial charge in [0.25, 0.3) is 5.56 Å². The smallest absolute Gasteiger partial charge is 0.269 e. The normalized spacial score (nSPS) is 12.0. The minimum atomic E-state index is -1.11. The lowest BCUT2D eigenvalue weighted by Crippen LogP contribution is -2.30. The first kappa shape index (κ1) is 18.8. The van der Waals surface area contributed by atoms with Gasteiger partial charge in [-0.3, -0.25) is 9.59 Å². The van der Waals surface area contributed by atoms with Crippen LogP contribution in [-0.2, 0) is 24.2 Å². The highest BCUT2D eigenvalue weighted by Crippen LogP contribution is 2.17. The van der Waals surface area contributed by atoms with Crippen molar-refractivity contribution in [1.29, 1.82) is 0 Å². The minimum Gasteiger partial charge on any atom is -0.388 e. The highest BCUT2D eigenvalue weighted by molar-refractivity contribution is 5.76. The van der Waals surface area contributed by atoms with Crippen LogP contribution in [0.15, 0.2) is 29.1 Å². The molecule has 0 saturated heterocycles. The third kappa shape index (κ3) is 4.73. The molecule has 1 amide bonds. The van der Waals surface area contributed by atoms with Gasteiger partial charge in [-0.1, -0.05) is 26.0 Å². The van der Waals surface area contributed by atoms with Crippen molar-refractivity contribution in [2.24, 2.45) is 0 Å². The molecule has 1 aromatic carbocycles. The number of halogens is 1. The first-order chi connectivity index (χ1) is 12.0. The third-order valence-electron chi connectivity index (χ3n) is 4.04. The summed E-state index contributed by atoms with van der Waals surface area (Å²) in [5.41, 5.74) is 2.10. The van der Waals surface area contributed by atoms with Crippen molar-refractivity contribution < 1.29 is 14.3 Å². The summed E-state index contributed by atoms with van der Waals surface area (Å²) in [5, 5.41) is 19.2. The summed E-state index contributed by atoms with van der Waals surface area (Å²) in [7, 11) is 0. The molecule has 0 bridgehead atoms. The van der Waals surface area contributed by atoms with Gasteiger partial charge >= 0.3 is 0 Å². The van der Waals surface area contributed by atoms with E-state index in [2.05, 4.69) is 15.5 Å². The van der Waals surface area contributed by atoms with Crippen LogP contribution in [0.1, 0.15) is 48.8 Å². The van der Waals surface area contributed by atoms with E-state index in [-0.39, 0.29) is 18.5 Å². The second-order valence-electron chi connectivity index (χ2n) is 5.72. The molecule has 25 heavy (non-hydrogen) atoms. The van der Waals surface area contributed by atoms with Gasteiger partial charge in [-0.15, -0.1) is 0 Å². The van der Waals surface area contributed by atoms with Crippen LogP contribution in [-0.4, -0.2) is 21.2 Å². The number of H-pyrrole nitrogens is 1. The first-order valence-corrected chi connectivity index (χ1v) is 8.25. The number of nitrogens with one attached hydrogen (secondary N) is 2. The summed E-state index contributed by atoms with van der Waals surface area (Å²) in [4.78, 5) is 24.1. The topological polar surface area (TPSA) is 95.1 Å². The summed E-state index contributed by atoms with van der Waals surface area (Å²) in [6.07, 6.45) is -0.00596. The lowest BCUT2D eigenvalue weighted by Gasteiger charge is -2.13. The van der Waals surface area contributed by atoms with Gasteiger partial charge in [0, 0.05) is 12.1 Å². The maximum absolute atomic E-state index is 13.2. The Bertz CT molecular complexity index is 804. The summed E-state index contributed by atoms with van der Waals surface area (Å²) in [6, 6.07) is 5.48. The number of nitrogens with zero attached hydrogens (tertiary/aromatic N) is 1. The van der Waals surface area contributed by atoms with Gasteiger partial charge in [-0.05, 0) is 36.1 Å². The molecule has 1 atom stereocenters. The molecule has 6 nitrogen and oxygen atoms in total. The zero-order valence-corrected chi connectivity index (χ0v) is 14.3. The zero-order valence-electron chi connectivity index (χ0n) is 14.3. The van der Waals surface area contributed by atoms with E-state index >= 15 is 0 Å². The second-order valence-corrected chi connectivity index (χ2v) is 5.72. The zero-order chi connectivity index (χ0) is 18.4. The van der Waals surface area contributed by atoms with Gasteiger partial charge < -0.3 is 10.4 Å². The van der Waals surface area contributed by atoms with Crippen molar-refractivity contribution in [3.63, 3.8) is 0 Å². The largest absolute Gasteiger partial charge is 0.388 e. The summed E-state index contributed by atoms with van der Waals surface area (Å²) in [6.45, 7) is 3.93. The number of hydrogen-bond acceptors (Lipinski definition) is 4. The molecular weight excluding hydrogens is 325 g/mol. The van der Waals surface area contributed by atoms with Crippen LogP contribution in [0.25, 0.3) is 0 Å². The van der Waals surface area contributed by atoms with Crippen LogP contribution < -0.4 is 10.9 Å². The van der Waals surface area contributed by atoms with E-state index in [9.17, 15) is 19.1 Å². The predicted molar refractivity (Wildman–Crippen MR) is 91.4 cm³/mol. The van der Waals surface area contributed by atoms with Crippen molar-refractivity contribution in [3.8, 4) is 0 Å². The molecule has 1 unspecified atom stereocenters. The van der Waals surface area contributed by atoms with E-state index in [0.29, 0.717) is 24.0 Å². The average molecular weight is 347 g/mol. The summed E-state index contributed by atoms with van der Waals surface area (Å²) < 4.78 is 13.2. The molecular formula is C18H22FN3O3. The number of aromatic nitrogens is 2. The Hall–Kier alpha value is -2.54. The lowest BCUT2D eigenvalue weighted by atomic mass is 10.0. The number of carbonyl (C=O) groups is 1. The fourth-order valence-electron chi connectivity index (χ4n) is 2.73. The summed E-state index contributed by atoms with van der Waals surface area (Å²) >= 11 is 0. The van der Waals surface area contributed by atoms with E-state index in [1.165, 1.54) is 18.2 Å². The number of amides is 1. The molecule has 0 aliphatic rings. The number of aryl methyl sites for hydroxylation is 1. The van der Waals surface area contributed by atoms with Crippen LogP contribution in [0.5, 0.6) is 0 Å². The van der Waals surface area contributed by atoms with Crippen LogP contribution >= 0.6 is 0 Å². The Morgan fingerprint density at radius 1 is 1.32 bits per heavy atom. The lowest BCUT2D eigenvalue weighted by molar-refractivity contribution is -0.123. The molecule has 0 spiro atoms. The number of aromatic amines is 1. The quantitative estimate of drug-likeness (QED) is 0.711. The maximum atomic E-state index is 13.2. The molecule has 1 aromatic heterocycles. The fraction of sp³-hybridized carbons (Fsp3) is 0.389. The van der Waals surface area contributed by atoms with Crippen molar-refractivity contribution in [2.75, 3.05) is 0 Å². The Morgan fingerprint density at radius 2 is 2.08 bits per heavy atom. The highest BCUT2D eigenvalue weighted by Gasteiger charge is 2.16. The van der Waals surface area contributed by atoms with E-state index in [4.69, 9.17) is 0 Å². The third-order valence-corrected chi connectivity index (χ3v) is 4.04. The minimum absolute atomic E-state index is 0.0583. The van der Waals surface area contributed by atoms with Gasteiger partial charge in [0.2, 0.25) is 5.91 Å².